The topological polar surface area (TPSA) is 24.9 Å². The van der Waals surface area contributed by atoms with E-state index in [9.17, 15) is 0 Å². The minimum absolute atomic E-state index is 0.844. The number of rotatable bonds is 3. The van der Waals surface area contributed by atoms with Crippen LogP contribution in [0.15, 0.2) is 22.1 Å². The summed E-state index contributed by atoms with van der Waals surface area (Å²) in [4.78, 5) is 6.86. The van der Waals surface area contributed by atoms with Crippen molar-refractivity contribution >= 4 is 38.6 Å². The molecule has 0 saturated heterocycles. The SMILES string of the molecule is CNCc1ncc(-c2ccc(Br)s2)s1. The number of thiophene rings is 1. The monoisotopic (exact) mass is 288 g/mol. The van der Waals surface area contributed by atoms with Crippen molar-refractivity contribution in [2.24, 2.45) is 0 Å². The van der Waals surface area contributed by atoms with E-state index < -0.39 is 0 Å². The first-order chi connectivity index (χ1) is 6.79. The van der Waals surface area contributed by atoms with E-state index >= 15 is 0 Å². The molecule has 2 aromatic rings. The van der Waals surface area contributed by atoms with E-state index in [4.69, 9.17) is 0 Å². The number of nitrogens with one attached hydrogen (secondary N) is 1. The van der Waals surface area contributed by atoms with E-state index in [1.165, 1.54) is 9.75 Å². The van der Waals surface area contributed by atoms with Crippen molar-refractivity contribution in [3.8, 4) is 9.75 Å². The highest BCUT2D eigenvalue weighted by atomic mass is 79.9. The van der Waals surface area contributed by atoms with Crippen LogP contribution in [0.1, 0.15) is 5.01 Å². The molecule has 0 fully saturated rings. The van der Waals surface area contributed by atoms with Crippen LogP contribution < -0.4 is 5.32 Å². The molecule has 0 unspecified atom stereocenters. The first-order valence-electron chi connectivity index (χ1n) is 4.14. The molecule has 0 spiro atoms. The number of aromatic nitrogens is 1. The molecule has 14 heavy (non-hydrogen) atoms. The fourth-order valence-corrected chi connectivity index (χ4v) is 3.49. The van der Waals surface area contributed by atoms with Gasteiger partial charge in [-0.1, -0.05) is 0 Å². The molecular weight excluding hydrogens is 280 g/mol. The Bertz CT molecular complexity index is 422. The van der Waals surface area contributed by atoms with Crippen LogP contribution in [0.5, 0.6) is 0 Å². The van der Waals surface area contributed by atoms with Crippen molar-refractivity contribution in [2.45, 2.75) is 6.54 Å². The van der Waals surface area contributed by atoms with Crippen LogP contribution >= 0.6 is 38.6 Å². The zero-order chi connectivity index (χ0) is 9.97. The Hall–Kier alpha value is -0.230. The minimum atomic E-state index is 0.844. The standard InChI is InChI=1S/C9H9BrN2S2/c1-11-5-9-12-4-7(14-9)6-2-3-8(10)13-6/h2-4,11H,5H2,1H3. The zero-order valence-corrected chi connectivity index (χ0v) is 10.8. The third-order valence-electron chi connectivity index (χ3n) is 1.70. The van der Waals surface area contributed by atoms with E-state index in [0.29, 0.717) is 0 Å². The maximum atomic E-state index is 4.34. The van der Waals surface area contributed by atoms with Gasteiger partial charge in [0, 0.05) is 17.6 Å². The van der Waals surface area contributed by atoms with Crippen molar-refractivity contribution in [2.75, 3.05) is 7.05 Å². The molecule has 0 aliphatic rings. The summed E-state index contributed by atoms with van der Waals surface area (Å²) in [6.07, 6.45) is 1.94. The Kier molecular flexibility index (Phi) is 3.33. The first-order valence-corrected chi connectivity index (χ1v) is 6.57. The van der Waals surface area contributed by atoms with Gasteiger partial charge in [-0.05, 0) is 35.1 Å². The number of hydrogen-bond donors (Lipinski definition) is 1. The van der Waals surface area contributed by atoms with Gasteiger partial charge in [0.1, 0.15) is 5.01 Å². The Balaban J connectivity index is 2.24. The molecule has 0 radical (unpaired) electrons. The molecule has 2 nitrogen and oxygen atoms in total. The van der Waals surface area contributed by atoms with Gasteiger partial charge < -0.3 is 5.32 Å². The highest BCUT2D eigenvalue weighted by molar-refractivity contribution is 9.11. The van der Waals surface area contributed by atoms with E-state index in [1.807, 2.05) is 13.2 Å². The molecule has 2 heterocycles. The van der Waals surface area contributed by atoms with E-state index in [0.717, 1.165) is 15.3 Å². The number of thiazole rings is 1. The average molecular weight is 289 g/mol. The number of hydrogen-bond acceptors (Lipinski definition) is 4. The van der Waals surface area contributed by atoms with Crippen LogP contribution in [0, 0.1) is 0 Å². The molecule has 0 bridgehead atoms. The Morgan fingerprint density at radius 1 is 1.36 bits per heavy atom. The van der Waals surface area contributed by atoms with Crippen molar-refractivity contribution in [3.05, 3.63) is 27.1 Å². The average Bonchev–Trinajstić information content (AvgIpc) is 2.74. The van der Waals surface area contributed by atoms with Gasteiger partial charge in [0.25, 0.3) is 0 Å². The summed E-state index contributed by atoms with van der Waals surface area (Å²) in [5.41, 5.74) is 0. The molecule has 1 N–H and O–H groups in total. The second-order valence-corrected chi connectivity index (χ2v) is 6.33. The van der Waals surface area contributed by atoms with Crippen LogP contribution in [0.4, 0.5) is 0 Å². The zero-order valence-electron chi connectivity index (χ0n) is 7.58. The Labute approximate surface area is 99.1 Å². The first kappa shape index (κ1) is 10.3. The van der Waals surface area contributed by atoms with Gasteiger partial charge in [0.2, 0.25) is 0 Å². The third kappa shape index (κ3) is 2.23. The van der Waals surface area contributed by atoms with Gasteiger partial charge in [-0.2, -0.15) is 0 Å². The smallest absolute Gasteiger partial charge is 0.107 e. The molecule has 0 atom stereocenters. The lowest BCUT2D eigenvalue weighted by atomic mass is 10.4. The van der Waals surface area contributed by atoms with E-state index in [-0.39, 0.29) is 0 Å². The highest BCUT2D eigenvalue weighted by Crippen LogP contribution is 2.34. The van der Waals surface area contributed by atoms with E-state index in [2.05, 4.69) is 38.4 Å². The molecule has 0 amide bonds. The van der Waals surface area contributed by atoms with Crippen LogP contribution in [0.25, 0.3) is 9.75 Å². The van der Waals surface area contributed by atoms with Crippen molar-refractivity contribution in [1.82, 2.24) is 10.3 Å². The fourth-order valence-electron chi connectivity index (χ4n) is 1.10. The molecule has 0 aliphatic carbocycles. The highest BCUT2D eigenvalue weighted by Gasteiger charge is 2.05. The molecule has 2 aromatic heterocycles. The van der Waals surface area contributed by atoms with Crippen molar-refractivity contribution in [1.29, 1.82) is 0 Å². The summed E-state index contributed by atoms with van der Waals surface area (Å²) in [6, 6.07) is 4.18. The molecule has 0 aliphatic heterocycles. The van der Waals surface area contributed by atoms with Crippen LogP contribution in [-0.4, -0.2) is 12.0 Å². The van der Waals surface area contributed by atoms with Crippen molar-refractivity contribution < 1.29 is 0 Å². The largest absolute Gasteiger partial charge is 0.314 e. The van der Waals surface area contributed by atoms with Gasteiger partial charge in [0.05, 0.1) is 8.66 Å². The van der Waals surface area contributed by atoms with Crippen LogP contribution in [0.2, 0.25) is 0 Å². The van der Waals surface area contributed by atoms with Gasteiger partial charge in [-0.25, -0.2) is 4.98 Å². The lowest BCUT2D eigenvalue weighted by molar-refractivity contribution is 0.810. The van der Waals surface area contributed by atoms with Crippen molar-refractivity contribution in [3.63, 3.8) is 0 Å². The van der Waals surface area contributed by atoms with Gasteiger partial charge >= 0.3 is 0 Å². The summed E-state index contributed by atoms with van der Waals surface area (Å²) in [5.74, 6) is 0. The Morgan fingerprint density at radius 2 is 2.21 bits per heavy atom. The summed E-state index contributed by atoms with van der Waals surface area (Å²) in [6.45, 7) is 0.844. The molecule has 74 valence electrons. The third-order valence-corrected chi connectivity index (χ3v) is 4.51. The normalized spacial score (nSPS) is 10.7. The van der Waals surface area contributed by atoms with Gasteiger partial charge in [0.15, 0.2) is 0 Å². The summed E-state index contributed by atoms with van der Waals surface area (Å²) in [5, 5.41) is 4.23. The molecular formula is C9H9BrN2S2. The van der Waals surface area contributed by atoms with E-state index in [1.54, 1.807) is 22.7 Å². The fraction of sp³-hybridized carbons (Fsp3) is 0.222. The molecule has 5 heteroatoms. The lowest BCUT2D eigenvalue weighted by Gasteiger charge is -1.90. The van der Waals surface area contributed by atoms with Gasteiger partial charge in [-0.15, -0.1) is 22.7 Å². The Morgan fingerprint density at radius 3 is 2.86 bits per heavy atom. The predicted molar refractivity (Wildman–Crippen MR) is 65.9 cm³/mol. The molecule has 0 saturated carbocycles. The number of nitrogens with zero attached hydrogens (tertiary/aromatic N) is 1. The summed E-state index contributed by atoms with van der Waals surface area (Å²) < 4.78 is 1.16. The maximum absolute atomic E-state index is 4.34. The number of halogens is 1. The molecule has 2 rings (SSSR count). The van der Waals surface area contributed by atoms with Crippen LogP contribution in [-0.2, 0) is 6.54 Å². The minimum Gasteiger partial charge on any atom is -0.314 e. The molecule has 0 aromatic carbocycles. The van der Waals surface area contributed by atoms with Crippen LogP contribution in [0.3, 0.4) is 0 Å². The maximum Gasteiger partial charge on any atom is 0.107 e. The summed E-state index contributed by atoms with van der Waals surface area (Å²) >= 11 is 6.94. The second-order valence-electron chi connectivity index (χ2n) is 2.75. The quantitative estimate of drug-likeness (QED) is 0.937. The summed E-state index contributed by atoms with van der Waals surface area (Å²) in [7, 11) is 1.93. The lowest BCUT2D eigenvalue weighted by Crippen LogP contribution is -2.03. The predicted octanol–water partition coefficient (Wildman–Crippen LogP) is 3.35. The van der Waals surface area contributed by atoms with Gasteiger partial charge in [-0.3, -0.25) is 0 Å². The second kappa shape index (κ2) is 4.53.